The number of nitrogens with one attached hydrogen (secondary N) is 1. The third kappa shape index (κ3) is 3.91. The molecule has 0 atom stereocenters. The fourth-order valence-corrected chi connectivity index (χ4v) is 1.86. The van der Waals surface area contributed by atoms with Crippen LogP contribution in [0.2, 0.25) is 0 Å². The van der Waals surface area contributed by atoms with Crippen LogP contribution in [0.15, 0.2) is 0 Å². The molecule has 1 amide bonds. The summed E-state index contributed by atoms with van der Waals surface area (Å²) in [6.45, 7) is 4.14. The Balaban J connectivity index is 2.32. The van der Waals surface area contributed by atoms with Crippen LogP contribution in [0.25, 0.3) is 0 Å². The molecular formula is C12H20N2O. The van der Waals surface area contributed by atoms with Crippen LogP contribution in [0.1, 0.15) is 46.0 Å². The van der Waals surface area contributed by atoms with Crippen molar-refractivity contribution in [3.63, 3.8) is 0 Å². The predicted molar refractivity (Wildman–Crippen MR) is 59.0 cm³/mol. The average Bonchev–Trinajstić information content (AvgIpc) is 2.27. The van der Waals surface area contributed by atoms with Gasteiger partial charge in [-0.15, -0.1) is 0 Å². The minimum Gasteiger partial charge on any atom is -0.354 e. The van der Waals surface area contributed by atoms with Gasteiger partial charge in [-0.3, -0.25) is 4.79 Å². The summed E-state index contributed by atoms with van der Waals surface area (Å²) in [7, 11) is 0. The molecule has 1 fully saturated rings. The maximum absolute atomic E-state index is 11.7. The molecule has 15 heavy (non-hydrogen) atoms. The Bertz CT molecular complexity index is 259. The van der Waals surface area contributed by atoms with E-state index in [1.54, 1.807) is 0 Å². The van der Waals surface area contributed by atoms with Crippen LogP contribution in [0.5, 0.6) is 0 Å². The summed E-state index contributed by atoms with van der Waals surface area (Å²) in [5, 5.41) is 11.7. The van der Waals surface area contributed by atoms with Gasteiger partial charge in [0, 0.05) is 12.5 Å². The minimum absolute atomic E-state index is 0.137. The lowest BCUT2D eigenvalue weighted by Crippen LogP contribution is -2.37. The molecule has 0 aliphatic heterocycles. The van der Waals surface area contributed by atoms with E-state index in [2.05, 4.69) is 11.4 Å². The Labute approximate surface area is 91.9 Å². The van der Waals surface area contributed by atoms with Gasteiger partial charge in [0.05, 0.1) is 11.5 Å². The number of rotatable bonds is 3. The van der Waals surface area contributed by atoms with Gasteiger partial charge in [0.15, 0.2) is 0 Å². The summed E-state index contributed by atoms with van der Waals surface area (Å²) >= 11 is 0. The van der Waals surface area contributed by atoms with Crippen LogP contribution in [0.4, 0.5) is 0 Å². The summed E-state index contributed by atoms with van der Waals surface area (Å²) in [6.07, 6.45) is 5.62. The molecular weight excluding hydrogens is 188 g/mol. The van der Waals surface area contributed by atoms with Gasteiger partial charge >= 0.3 is 0 Å². The third-order valence-corrected chi connectivity index (χ3v) is 2.98. The maximum Gasteiger partial charge on any atom is 0.223 e. The molecule has 1 rings (SSSR count). The molecule has 1 aliphatic rings. The zero-order chi connectivity index (χ0) is 11.3. The van der Waals surface area contributed by atoms with Crippen LogP contribution < -0.4 is 5.32 Å². The highest BCUT2D eigenvalue weighted by atomic mass is 16.1. The SMILES string of the molecule is CC(C)(C#N)CNC(=O)C1CCCCC1. The zero-order valence-electron chi connectivity index (χ0n) is 9.68. The highest BCUT2D eigenvalue weighted by molar-refractivity contribution is 5.78. The molecule has 1 saturated carbocycles. The first-order valence-corrected chi connectivity index (χ1v) is 5.74. The number of amides is 1. The van der Waals surface area contributed by atoms with Crippen LogP contribution in [-0.2, 0) is 4.79 Å². The third-order valence-electron chi connectivity index (χ3n) is 2.98. The monoisotopic (exact) mass is 208 g/mol. The number of hydrogen-bond donors (Lipinski definition) is 1. The molecule has 1 N–H and O–H groups in total. The molecule has 0 aromatic heterocycles. The molecule has 0 radical (unpaired) electrons. The van der Waals surface area contributed by atoms with Crippen LogP contribution in [0, 0.1) is 22.7 Å². The fourth-order valence-electron chi connectivity index (χ4n) is 1.86. The van der Waals surface area contributed by atoms with Crippen molar-refractivity contribution in [1.82, 2.24) is 5.32 Å². The molecule has 1 aliphatic carbocycles. The summed E-state index contributed by atoms with van der Waals surface area (Å²) in [6, 6.07) is 2.18. The summed E-state index contributed by atoms with van der Waals surface area (Å²) in [5.41, 5.74) is -0.454. The number of carbonyl (C=O) groups is 1. The number of carbonyl (C=O) groups excluding carboxylic acids is 1. The van der Waals surface area contributed by atoms with E-state index in [1.165, 1.54) is 19.3 Å². The Morgan fingerprint density at radius 2 is 2.00 bits per heavy atom. The number of nitriles is 1. The van der Waals surface area contributed by atoms with E-state index in [0.29, 0.717) is 6.54 Å². The molecule has 0 bridgehead atoms. The Morgan fingerprint density at radius 3 is 2.53 bits per heavy atom. The van der Waals surface area contributed by atoms with Crippen molar-refractivity contribution in [3.8, 4) is 6.07 Å². The molecule has 0 aromatic rings. The van der Waals surface area contributed by atoms with Gasteiger partial charge < -0.3 is 5.32 Å². The average molecular weight is 208 g/mol. The quantitative estimate of drug-likeness (QED) is 0.773. The highest BCUT2D eigenvalue weighted by Crippen LogP contribution is 2.23. The number of nitrogens with zero attached hydrogens (tertiary/aromatic N) is 1. The second-order valence-electron chi connectivity index (χ2n) is 5.05. The molecule has 0 aromatic carbocycles. The normalized spacial score (nSPS) is 18.2. The molecule has 0 saturated heterocycles. The summed E-state index contributed by atoms with van der Waals surface area (Å²) < 4.78 is 0. The lowest BCUT2D eigenvalue weighted by atomic mass is 9.88. The van der Waals surface area contributed by atoms with Gasteiger partial charge in [-0.25, -0.2) is 0 Å². The van der Waals surface area contributed by atoms with Crippen molar-refractivity contribution in [3.05, 3.63) is 0 Å². The first kappa shape index (κ1) is 12.0. The van der Waals surface area contributed by atoms with Gasteiger partial charge in [-0.2, -0.15) is 5.26 Å². The fraction of sp³-hybridized carbons (Fsp3) is 0.833. The van der Waals surface area contributed by atoms with E-state index < -0.39 is 5.41 Å². The summed E-state index contributed by atoms with van der Waals surface area (Å²) in [5.74, 6) is 0.325. The Kier molecular flexibility index (Phi) is 4.14. The molecule has 3 heteroatoms. The lowest BCUT2D eigenvalue weighted by Gasteiger charge is -2.23. The van der Waals surface area contributed by atoms with E-state index in [4.69, 9.17) is 5.26 Å². The zero-order valence-corrected chi connectivity index (χ0v) is 9.68. The van der Waals surface area contributed by atoms with E-state index in [1.807, 2.05) is 13.8 Å². The minimum atomic E-state index is -0.454. The first-order chi connectivity index (χ1) is 7.05. The van der Waals surface area contributed by atoms with Crippen LogP contribution in [-0.4, -0.2) is 12.5 Å². The Morgan fingerprint density at radius 1 is 1.40 bits per heavy atom. The van der Waals surface area contributed by atoms with E-state index >= 15 is 0 Å². The smallest absolute Gasteiger partial charge is 0.223 e. The highest BCUT2D eigenvalue weighted by Gasteiger charge is 2.23. The second-order valence-corrected chi connectivity index (χ2v) is 5.05. The topological polar surface area (TPSA) is 52.9 Å². The van der Waals surface area contributed by atoms with Crippen molar-refractivity contribution in [2.24, 2.45) is 11.3 Å². The standard InChI is InChI=1S/C12H20N2O/c1-12(2,8-13)9-14-11(15)10-6-4-3-5-7-10/h10H,3-7,9H2,1-2H3,(H,14,15). The van der Waals surface area contributed by atoms with Gasteiger partial charge in [0.1, 0.15) is 0 Å². The van der Waals surface area contributed by atoms with Crippen molar-refractivity contribution < 1.29 is 4.79 Å². The maximum atomic E-state index is 11.7. The van der Waals surface area contributed by atoms with Crippen LogP contribution in [0.3, 0.4) is 0 Å². The van der Waals surface area contributed by atoms with Crippen molar-refractivity contribution in [2.45, 2.75) is 46.0 Å². The summed E-state index contributed by atoms with van der Waals surface area (Å²) in [4.78, 5) is 11.7. The molecule has 3 nitrogen and oxygen atoms in total. The predicted octanol–water partition coefficient (Wildman–Crippen LogP) is 2.23. The van der Waals surface area contributed by atoms with Crippen LogP contribution >= 0.6 is 0 Å². The number of hydrogen-bond acceptors (Lipinski definition) is 2. The van der Waals surface area contributed by atoms with Crippen molar-refractivity contribution in [1.29, 1.82) is 5.26 Å². The molecule has 0 unspecified atom stereocenters. The molecule has 0 heterocycles. The first-order valence-electron chi connectivity index (χ1n) is 5.74. The van der Waals surface area contributed by atoms with E-state index in [0.717, 1.165) is 12.8 Å². The lowest BCUT2D eigenvalue weighted by molar-refractivity contribution is -0.126. The van der Waals surface area contributed by atoms with Gasteiger partial charge in [-0.1, -0.05) is 19.3 Å². The van der Waals surface area contributed by atoms with E-state index in [-0.39, 0.29) is 11.8 Å². The molecule has 0 spiro atoms. The van der Waals surface area contributed by atoms with Gasteiger partial charge in [0.25, 0.3) is 0 Å². The molecule has 84 valence electrons. The van der Waals surface area contributed by atoms with Crippen molar-refractivity contribution in [2.75, 3.05) is 6.54 Å². The second kappa shape index (κ2) is 5.16. The Hall–Kier alpha value is -1.04. The van der Waals surface area contributed by atoms with Gasteiger partial charge in [-0.05, 0) is 26.7 Å². The van der Waals surface area contributed by atoms with E-state index in [9.17, 15) is 4.79 Å². The van der Waals surface area contributed by atoms with Crippen molar-refractivity contribution >= 4 is 5.91 Å². The van der Waals surface area contributed by atoms with Gasteiger partial charge in [0.2, 0.25) is 5.91 Å². The largest absolute Gasteiger partial charge is 0.354 e.